The summed E-state index contributed by atoms with van der Waals surface area (Å²) in [4.78, 5) is 13.6. The molecule has 1 aromatic rings. The molecule has 18 heavy (non-hydrogen) atoms. The van der Waals surface area contributed by atoms with Crippen molar-refractivity contribution in [1.82, 2.24) is 4.90 Å². The fourth-order valence-electron chi connectivity index (χ4n) is 2.14. The Balaban J connectivity index is 2.54. The summed E-state index contributed by atoms with van der Waals surface area (Å²) < 4.78 is 38.6. The second kappa shape index (κ2) is 3.73. The number of hydrogen-bond donors (Lipinski definition) is 0. The molecule has 0 spiro atoms. The molecule has 0 saturated carbocycles. The smallest absolute Gasteiger partial charge is 0.329 e. The zero-order chi connectivity index (χ0) is 13.7. The monoisotopic (exact) mass is 257 g/mol. The molecule has 5 heteroatoms. The van der Waals surface area contributed by atoms with Crippen molar-refractivity contribution in [2.24, 2.45) is 0 Å². The van der Waals surface area contributed by atoms with Crippen molar-refractivity contribution < 1.29 is 18.0 Å². The molecule has 2 rings (SSSR count). The number of amides is 1. The minimum atomic E-state index is -4.49. The van der Waals surface area contributed by atoms with Crippen LogP contribution in [0.4, 0.5) is 13.2 Å². The van der Waals surface area contributed by atoms with Gasteiger partial charge in [0.15, 0.2) is 0 Å². The van der Waals surface area contributed by atoms with E-state index >= 15 is 0 Å². The van der Waals surface area contributed by atoms with Gasteiger partial charge in [0.1, 0.15) is 0 Å². The number of hydrogen-bond acceptors (Lipinski definition) is 1. The first-order valence-electron chi connectivity index (χ1n) is 5.63. The minimum Gasteiger partial charge on any atom is -0.329 e. The van der Waals surface area contributed by atoms with Crippen molar-refractivity contribution in [1.29, 1.82) is 0 Å². The van der Waals surface area contributed by atoms with Gasteiger partial charge in [-0.05, 0) is 32.4 Å². The molecular formula is C13H14F3NO. The molecule has 1 heterocycles. The number of alkyl halides is 3. The third-order valence-electron chi connectivity index (χ3n) is 3.05. The summed E-state index contributed by atoms with van der Waals surface area (Å²) in [6.45, 7) is 5.67. The molecule has 0 bridgehead atoms. The molecule has 0 N–H and O–H groups in total. The molecule has 2 nitrogen and oxygen atoms in total. The number of fused-ring (bicyclic) bond motifs is 1. The predicted molar refractivity (Wildman–Crippen MR) is 61.1 cm³/mol. The highest BCUT2D eigenvalue weighted by Crippen LogP contribution is 2.38. The molecule has 0 aromatic heterocycles. The Morgan fingerprint density at radius 2 is 1.78 bits per heavy atom. The molecule has 0 aliphatic carbocycles. The Kier molecular flexibility index (Phi) is 2.68. The van der Waals surface area contributed by atoms with Gasteiger partial charge in [-0.3, -0.25) is 4.79 Å². The molecule has 1 amide bonds. The normalized spacial score (nSPS) is 16.1. The van der Waals surface area contributed by atoms with Crippen LogP contribution in [0.5, 0.6) is 0 Å². The third kappa shape index (κ3) is 1.98. The van der Waals surface area contributed by atoms with Crippen molar-refractivity contribution >= 4 is 5.91 Å². The van der Waals surface area contributed by atoms with Gasteiger partial charge in [-0.25, -0.2) is 0 Å². The van der Waals surface area contributed by atoms with Crippen LogP contribution in [0.1, 0.15) is 42.3 Å². The van der Waals surface area contributed by atoms with Crippen LogP contribution in [-0.2, 0) is 12.7 Å². The molecule has 98 valence electrons. The van der Waals surface area contributed by atoms with Gasteiger partial charge in [-0.1, -0.05) is 12.1 Å². The molecular weight excluding hydrogens is 243 g/mol. The fraction of sp³-hybridized carbons (Fsp3) is 0.462. The van der Waals surface area contributed by atoms with Crippen LogP contribution >= 0.6 is 0 Å². The van der Waals surface area contributed by atoms with Crippen LogP contribution in [-0.4, -0.2) is 16.3 Å². The number of carbonyl (C=O) groups excluding carboxylic acids is 1. The van der Waals surface area contributed by atoms with E-state index in [0.717, 1.165) is 6.07 Å². The van der Waals surface area contributed by atoms with E-state index in [1.165, 1.54) is 11.0 Å². The maximum absolute atomic E-state index is 12.9. The number of nitrogens with zero attached hydrogens (tertiary/aromatic N) is 1. The average molecular weight is 257 g/mol. The second-order valence-corrected chi connectivity index (χ2v) is 5.40. The van der Waals surface area contributed by atoms with Crippen molar-refractivity contribution in [3.8, 4) is 0 Å². The van der Waals surface area contributed by atoms with E-state index in [1.807, 2.05) is 20.8 Å². The molecule has 0 fully saturated rings. The zero-order valence-corrected chi connectivity index (χ0v) is 10.4. The standard InChI is InChI=1S/C13H14F3NO/c1-12(2,3)17-7-8-5-4-6-9(13(14,15)16)10(8)11(17)18/h4-6H,7H2,1-3H3. The first-order chi connectivity index (χ1) is 8.12. The van der Waals surface area contributed by atoms with Gasteiger partial charge in [0, 0.05) is 12.1 Å². The number of carbonyl (C=O) groups is 1. The molecule has 1 aliphatic rings. The highest BCUT2D eigenvalue weighted by Gasteiger charge is 2.42. The maximum atomic E-state index is 12.9. The third-order valence-corrected chi connectivity index (χ3v) is 3.05. The van der Waals surface area contributed by atoms with E-state index in [-0.39, 0.29) is 12.1 Å². The SMILES string of the molecule is CC(C)(C)N1Cc2cccc(C(F)(F)F)c2C1=O. The zero-order valence-electron chi connectivity index (χ0n) is 10.4. The summed E-state index contributed by atoms with van der Waals surface area (Å²) >= 11 is 0. The van der Waals surface area contributed by atoms with Crippen molar-refractivity contribution in [3.63, 3.8) is 0 Å². The van der Waals surface area contributed by atoms with Gasteiger partial charge < -0.3 is 4.90 Å². The number of halogens is 3. The highest BCUT2D eigenvalue weighted by atomic mass is 19.4. The van der Waals surface area contributed by atoms with Crippen LogP contribution in [0.25, 0.3) is 0 Å². The van der Waals surface area contributed by atoms with Crippen LogP contribution < -0.4 is 0 Å². The topological polar surface area (TPSA) is 20.3 Å². The van der Waals surface area contributed by atoms with Gasteiger partial charge in [-0.2, -0.15) is 13.2 Å². The lowest BCUT2D eigenvalue weighted by atomic mass is 10.0. The van der Waals surface area contributed by atoms with E-state index < -0.39 is 23.2 Å². The largest absolute Gasteiger partial charge is 0.417 e. The average Bonchev–Trinajstić information content (AvgIpc) is 2.54. The molecule has 1 aromatic carbocycles. The molecule has 0 unspecified atom stereocenters. The summed E-state index contributed by atoms with van der Waals surface area (Å²) in [6.07, 6.45) is -4.49. The Morgan fingerprint density at radius 1 is 1.17 bits per heavy atom. The van der Waals surface area contributed by atoms with Crippen molar-refractivity contribution in [3.05, 3.63) is 34.9 Å². The minimum absolute atomic E-state index is 0.195. The Labute approximate surface area is 103 Å². The number of benzene rings is 1. The van der Waals surface area contributed by atoms with Crippen LogP contribution in [0, 0.1) is 0 Å². The quantitative estimate of drug-likeness (QED) is 0.697. The molecule has 1 aliphatic heterocycles. The van der Waals surface area contributed by atoms with Gasteiger partial charge in [0.05, 0.1) is 11.1 Å². The van der Waals surface area contributed by atoms with E-state index in [4.69, 9.17) is 0 Å². The van der Waals surface area contributed by atoms with Crippen LogP contribution in [0.15, 0.2) is 18.2 Å². The number of rotatable bonds is 0. The first-order valence-corrected chi connectivity index (χ1v) is 5.63. The van der Waals surface area contributed by atoms with E-state index in [1.54, 1.807) is 6.07 Å². The summed E-state index contributed by atoms with van der Waals surface area (Å²) in [5.41, 5.74) is -1.07. The Bertz CT molecular complexity index is 500. The van der Waals surface area contributed by atoms with Gasteiger partial charge in [-0.15, -0.1) is 0 Å². The summed E-state index contributed by atoms with van der Waals surface area (Å²) in [6, 6.07) is 3.89. The highest BCUT2D eigenvalue weighted by molar-refractivity contribution is 6.00. The van der Waals surface area contributed by atoms with E-state index in [9.17, 15) is 18.0 Å². The van der Waals surface area contributed by atoms with Gasteiger partial charge in [0.25, 0.3) is 5.91 Å². The van der Waals surface area contributed by atoms with E-state index in [2.05, 4.69) is 0 Å². The lowest BCUT2D eigenvalue weighted by molar-refractivity contribution is -0.138. The predicted octanol–water partition coefficient (Wildman–Crippen LogP) is 3.46. The lowest BCUT2D eigenvalue weighted by Gasteiger charge is -2.31. The summed E-state index contributed by atoms with van der Waals surface area (Å²) in [5.74, 6) is -0.537. The first kappa shape index (κ1) is 12.9. The summed E-state index contributed by atoms with van der Waals surface area (Å²) in [5, 5.41) is 0. The molecule has 0 radical (unpaired) electrons. The lowest BCUT2D eigenvalue weighted by Crippen LogP contribution is -2.41. The van der Waals surface area contributed by atoms with Crippen molar-refractivity contribution in [2.75, 3.05) is 0 Å². The molecule has 0 saturated heterocycles. The van der Waals surface area contributed by atoms with E-state index in [0.29, 0.717) is 5.56 Å². The van der Waals surface area contributed by atoms with Crippen molar-refractivity contribution in [2.45, 2.75) is 39.0 Å². The second-order valence-electron chi connectivity index (χ2n) is 5.40. The van der Waals surface area contributed by atoms with Gasteiger partial charge >= 0.3 is 6.18 Å². The Hall–Kier alpha value is -1.52. The maximum Gasteiger partial charge on any atom is 0.417 e. The Morgan fingerprint density at radius 3 is 2.28 bits per heavy atom. The van der Waals surface area contributed by atoms with Crippen LogP contribution in [0.3, 0.4) is 0 Å². The molecule has 0 atom stereocenters. The van der Waals surface area contributed by atoms with Crippen LogP contribution in [0.2, 0.25) is 0 Å². The summed E-state index contributed by atoms with van der Waals surface area (Å²) in [7, 11) is 0. The fourth-order valence-corrected chi connectivity index (χ4v) is 2.14. The van der Waals surface area contributed by atoms with Gasteiger partial charge in [0.2, 0.25) is 0 Å².